The number of hydrogen-bond donors (Lipinski definition) is 1. The fraction of sp³-hybridized carbons (Fsp3) is 0.500. The fourth-order valence-corrected chi connectivity index (χ4v) is 2.15. The molecule has 0 atom stereocenters. The highest BCUT2D eigenvalue weighted by molar-refractivity contribution is 5.90. The Morgan fingerprint density at radius 1 is 1.42 bits per heavy atom. The van der Waals surface area contributed by atoms with Crippen molar-refractivity contribution in [2.24, 2.45) is 5.90 Å². The second kappa shape index (κ2) is 5.19. The van der Waals surface area contributed by atoms with Crippen molar-refractivity contribution in [3.8, 4) is 0 Å². The van der Waals surface area contributed by atoms with Gasteiger partial charge in [-0.05, 0) is 44.4 Å². The van der Waals surface area contributed by atoms with Crippen LogP contribution in [0.2, 0.25) is 0 Å². The molecule has 0 spiro atoms. The van der Waals surface area contributed by atoms with Crippen LogP contribution in [0.25, 0.3) is 0 Å². The molecule has 19 heavy (non-hydrogen) atoms. The highest BCUT2D eigenvalue weighted by Gasteiger charge is 2.28. The second-order valence-corrected chi connectivity index (χ2v) is 5.66. The number of nitrogens with two attached hydrogens (primary N) is 1. The maximum absolute atomic E-state index is 12.1. The molecule has 0 aliphatic carbocycles. The summed E-state index contributed by atoms with van der Waals surface area (Å²) in [5.74, 6) is 5.07. The first-order valence-electron chi connectivity index (χ1n) is 6.35. The van der Waals surface area contributed by atoms with Crippen molar-refractivity contribution >= 4 is 11.8 Å². The number of hydrogen-bond acceptors (Lipinski definition) is 4. The Bertz CT molecular complexity index is 480. The molecular formula is C14H20N2O3. The smallest absolute Gasteiger partial charge is 0.414 e. The third-order valence-electron chi connectivity index (χ3n) is 2.90. The number of carbonyl (C=O) groups excluding carboxylic acids is 1. The van der Waals surface area contributed by atoms with Crippen LogP contribution in [0.3, 0.4) is 0 Å². The minimum Gasteiger partial charge on any atom is -0.443 e. The van der Waals surface area contributed by atoms with Crippen LogP contribution in [-0.4, -0.2) is 18.2 Å². The molecule has 5 nitrogen and oxygen atoms in total. The highest BCUT2D eigenvalue weighted by atomic mass is 16.6. The molecule has 2 rings (SSSR count). The summed E-state index contributed by atoms with van der Waals surface area (Å²) in [5.41, 5.74) is 2.57. The summed E-state index contributed by atoms with van der Waals surface area (Å²) in [4.78, 5) is 18.4. The van der Waals surface area contributed by atoms with E-state index in [4.69, 9.17) is 10.6 Å². The van der Waals surface area contributed by atoms with Crippen LogP contribution in [0.15, 0.2) is 18.2 Å². The monoisotopic (exact) mass is 264 g/mol. The number of anilines is 1. The van der Waals surface area contributed by atoms with E-state index in [0.717, 1.165) is 23.2 Å². The zero-order valence-corrected chi connectivity index (χ0v) is 11.6. The van der Waals surface area contributed by atoms with Crippen LogP contribution in [0.5, 0.6) is 0 Å². The van der Waals surface area contributed by atoms with Gasteiger partial charge in [-0.25, -0.2) is 10.7 Å². The van der Waals surface area contributed by atoms with E-state index in [2.05, 4.69) is 4.84 Å². The molecule has 1 aliphatic rings. The summed E-state index contributed by atoms with van der Waals surface area (Å²) in [6.07, 6.45) is 0.529. The van der Waals surface area contributed by atoms with Crippen LogP contribution in [-0.2, 0) is 22.6 Å². The first-order chi connectivity index (χ1) is 8.90. The molecule has 0 fully saturated rings. The number of benzene rings is 1. The molecule has 0 radical (unpaired) electrons. The molecule has 0 saturated heterocycles. The van der Waals surface area contributed by atoms with Crippen molar-refractivity contribution in [1.29, 1.82) is 0 Å². The van der Waals surface area contributed by atoms with Gasteiger partial charge in [-0.15, -0.1) is 0 Å². The van der Waals surface area contributed by atoms with Gasteiger partial charge < -0.3 is 4.74 Å². The van der Waals surface area contributed by atoms with E-state index in [1.54, 1.807) is 4.90 Å². The van der Waals surface area contributed by atoms with Crippen molar-refractivity contribution < 1.29 is 14.4 Å². The highest BCUT2D eigenvalue weighted by Crippen LogP contribution is 2.30. The molecule has 1 aromatic carbocycles. The van der Waals surface area contributed by atoms with Crippen molar-refractivity contribution in [1.82, 2.24) is 0 Å². The lowest BCUT2D eigenvalue weighted by molar-refractivity contribution is 0.0584. The SMILES string of the molecule is CC(C)(C)OC(=O)N1CCc2cc(CON)ccc21. The minimum absolute atomic E-state index is 0.297. The van der Waals surface area contributed by atoms with Crippen molar-refractivity contribution in [2.45, 2.75) is 39.4 Å². The molecule has 104 valence electrons. The van der Waals surface area contributed by atoms with Gasteiger partial charge in [0.15, 0.2) is 0 Å². The molecule has 0 aromatic heterocycles. The number of amides is 1. The van der Waals surface area contributed by atoms with E-state index in [1.165, 1.54) is 0 Å². The van der Waals surface area contributed by atoms with E-state index in [9.17, 15) is 4.79 Å². The summed E-state index contributed by atoms with van der Waals surface area (Å²) < 4.78 is 5.40. The Kier molecular flexibility index (Phi) is 3.78. The third-order valence-corrected chi connectivity index (χ3v) is 2.90. The van der Waals surface area contributed by atoms with Gasteiger partial charge in [0.25, 0.3) is 0 Å². The number of fused-ring (bicyclic) bond motifs is 1. The number of nitrogens with zero attached hydrogens (tertiary/aromatic N) is 1. The predicted octanol–water partition coefficient (Wildman–Crippen LogP) is 2.37. The maximum Gasteiger partial charge on any atom is 0.414 e. The molecule has 0 unspecified atom stereocenters. The van der Waals surface area contributed by atoms with E-state index in [1.807, 2.05) is 39.0 Å². The normalized spacial score (nSPS) is 14.4. The van der Waals surface area contributed by atoms with E-state index in [0.29, 0.717) is 13.2 Å². The molecule has 1 amide bonds. The molecule has 1 heterocycles. The zero-order chi connectivity index (χ0) is 14.0. The first-order valence-corrected chi connectivity index (χ1v) is 6.35. The van der Waals surface area contributed by atoms with Crippen LogP contribution >= 0.6 is 0 Å². The second-order valence-electron chi connectivity index (χ2n) is 5.66. The van der Waals surface area contributed by atoms with Gasteiger partial charge in [-0.3, -0.25) is 9.74 Å². The molecule has 0 bridgehead atoms. The van der Waals surface area contributed by atoms with E-state index < -0.39 is 5.60 Å². The average molecular weight is 264 g/mol. The van der Waals surface area contributed by atoms with Gasteiger partial charge in [0.2, 0.25) is 0 Å². The third kappa shape index (κ3) is 3.24. The Labute approximate surface area is 113 Å². The lowest BCUT2D eigenvalue weighted by Crippen LogP contribution is -2.35. The minimum atomic E-state index is -0.479. The Balaban J connectivity index is 2.16. The number of carbonyl (C=O) groups is 1. The molecule has 1 aliphatic heterocycles. The van der Waals surface area contributed by atoms with Gasteiger partial charge in [0, 0.05) is 6.54 Å². The summed E-state index contributed by atoms with van der Waals surface area (Å²) >= 11 is 0. The Morgan fingerprint density at radius 3 is 2.79 bits per heavy atom. The molecule has 2 N–H and O–H groups in total. The standard InChI is InChI=1S/C14H20N2O3/c1-14(2,3)19-13(17)16-7-6-11-8-10(9-18-15)4-5-12(11)16/h4-5,8H,6-7,9,15H2,1-3H3. The summed E-state index contributed by atoms with van der Waals surface area (Å²) in [7, 11) is 0. The summed E-state index contributed by atoms with van der Waals surface area (Å²) in [6, 6.07) is 5.85. The van der Waals surface area contributed by atoms with E-state index >= 15 is 0 Å². The molecular weight excluding hydrogens is 244 g/mol. The lowest BCUT2D eigenvalue weighted by Gasteiger charge is -2.24. The van der Waals surface area contributed by atoms with Gasteiger partial charge in [-0.1, -0.05) is 12.1 Å². The zero-order valence-electron chi connectivity index (χ0n) is 11.6. The van der Waals surface area contributed by atoms with Gasteiger partial charge in [0.1, 0.15) is 5.60 Å². The van der Waals surface area contributed by atoms with Crippen molar-refractivity contribution in [3.05, 3.63) is 29.3 Å². The summed E-state index contributed by atoms with van der Waals surface area (Å²) in [5, 5.41) is 0. The molecule has 1 aromatic rings. The number of ether oxygens (including phenoxy) is 1. The van der Waals surface area contributed by atoms with Gasteiger partial charge >= 0.3 is 6.09 Å². The van der Waals surface area contributed by atoms with Crippen LogP contribution in [0.1, 0.15) is 31.9 Å². The maximum atomic E-state index is 12.1. The predicted molar refractivity (Wildman–Crippen MR) is 72.7 cm³/mol. The van der Waals surface area contributed by atoms with E-state index in [-0.39, 0.29) is 6.09 Å². The summed E-state index contributed by atoms with van der Waals surface area (Å²) in [6.45, 7) is 6.62. The number of rotatable bonds is 2. The largest absolute Gasteiger partial charge is 0.443 e. The topological polar surface area (TPSA) is 64.8 Å². The van der Waals surface area contributed by atoms with Crippen LogP contribution in [0.4, 0.5) is 10.5 Å². The van der Waals surface area contributed by atoms with Crippen LogP contribution in [0, 0.1) is 0 Å². The Hall–Kier alpha value is -1.59. The van der Waals surface area contributed by atoms with Crippen LogP contribution < -0.4 is 10.8 Å². The van der Waals surface area contributed by atoms with Gasteiger partial charge in [0.05, 0.1) is 12.3 Å². The lowest BCUT2D eigenvalue weighted by atomic mass is 10.1. The quantitative estimate of drug-likeness (QED) is 0.833. The molecule has 0 saturated carbocycles. The molecule has 5 heteroatoms. The average Bonchev–Trinajstić information content (AvgIpc) is 2.70. The fourth-order valence-electron chi connectivity index (χ4n) is 2.15. The van der Waals surface area contributed by atoms with Crippen molar-refractivity contribution in [3.63, 3.8) is 0 Å². The van der Waals surface area contributed by atoms with Crippen molar-refractivity contribution in [2.75, 3.05) is 11.4 Å². The Morgan fingerprint density at radius 2 is 2.16 bits per heavy atom. The first kappa shape index (κ1) is 13.8. The van der Waals surface area contributed by atoms with Gasteiger partial charge in [-0.2, -0.15) is 0 Å².